The van der Waals surface area contributed by atoms with E-state index in [4.69, 9.17) is 0 Å². The second-order valence-electron chi connectivity index (χ2n) is 9.26. The zero-order valence-corrected chi connectivity index (χ0v) is 22.9. The summed E-state index contributed by atoms with van der Waals surface area (Å²) in [5.41, 5.74) is 0. The van der Waals surface area contributed by atoms with E-state index >= 15 is 0 Å². The molecule has 0 N–H and O–H groups in total. The third-order valence-electron chi connectivity index (χ3n) is 5.02. The minimum atomic E-state index is -1.22. The maximum absolute atomic E-state index is 3.30. The summed E-state index contributed by atoms with van der Waals surface area (Å²) in [7, 11) is -2.44. The van der Waals surface area contributed by atoms with Gasteiger partial charge in [0.25, 0.3) is 0 Å². The van der Waals surface area contributed by atoms with Gasteiger partial charge < -0.3 is 0 Å². The zero-order valence-electron chi connectivity index (χ0n) is 16.7. The second-order valence-corrected chi connectivity index (χ2v) is 32.5. The predicted octanol–water partition coefficient (Wildman–Crippen LogP) is 6.53. The fourth-order valence-electron chi connectivity index (χ4n) is 4.76. The van der Waals surface area contributed by atoms with Crippen LogP contribution in [0.2, 0.25) is 56.6 Å². The molecule has 0 heterocycles. The molecule has 2 aliphatic rings. The fraction of sp³-hybridized carbons (Fsp3) is 0.765. The van der Waals surface area contributed by atoms with Gasteiger partial charge in [-0.15, -0.1) is 24.8 Å². The van der Waals surface area contributed by atoms with Gasteiger partial charge in [0.1, 0.15) is 0 Å². The molecule has 1 nitrogen and oxygen atoms in total. The monoisotopic (exact) mass is 457 g/mol. The van der Waals surface area contributed by atoms with Crippen LogP contribution < -0.4 is 0 Å². The maximum Gasteiger partial charge on any atom is -0.147 e. The van der Waals surface area contributed by atoms with E-state index in [0.29, 0.717) is 0 Å². The van der Waals surface area contributed by atoms with E-state index < -0.39 is 33.3 Å². The number of rotatable bonds is 4. The van der Waals surface area contributed by atoms with E-state index in [-0.39, 0.29) is 31.0 Å². The molecule has 1 saturated carbocycles. The van der Waals surface area contributed by atoms with Crippen LogP contribution in [0, 0.1) is 11.8 Å². The van der Waals surface area contributed by atoms with Crippen LogP contribution in [-0.4, -0.2) is 25.4 Å². The van der Waals surface area contributed by atoms with Gasteiger partial charge in [0.2, 0.25) is 0 Å². The van der Waals surface area contributed by atoms with E-state index in [0.717, 1.165) is 16.1 Å². The van der Waals surface area contributed by atoms with E-state index in [1.807, 2.05) is 0 Å². The number of halogens is 2. The summed E-state index contributed by atoms with van der Waals surface area (Å²) in [6, 6.07) is 0. The summed E-state index contributed by atoms with van der Waals surface area (Å²) in [6.07, 6.45) is 12.5. The van der Waals surface area contributed by atoms with Crippen LogP contribution in [0.15, 0.2) is 24.3 Å². The molecule has 3 unspecified atom stereocenters. The zero-order chi connectivity index (χ0) is 16.7. The summed E-state index contributed by atoms with van der Waals surface area (Å²) in [6.45, 7) is 21.0. The summed E-state index contributed by atoms with van der Waals surface area (Å²) in [4.78, 5) is 0. The second kappa shape index (κ2) is 9.54. The first-order valence-corrected chi connectivity index (χ1v) is 22.2. The van der Waals surface area contributed by atoms with E-state index in [9.17, 15) is 0 Å². The Morgan fingerprint density at radius 2 is 1.38 bits per heavy atom. The van der Waals surface area contributed by atoms with Gasteiger partial charge in [0.05, 0.1) is 0 Å². The van der Waals surface area contributed by atoms with Gasteiger partial charge in [-0.3, -0.25) is 0 Å². The normalized spacial score (nSPS) is 25.8. The largest absolute Gasteiger partial charge is 0.147 e. The topological polar surface area (TPSA) is 3.24 Å². The van der Waals surface area contributed by atoms with Crippen LogP contribution in [0.25, 0.3) is 0 Å². The molecule has 0 radical (unpaired) electrons. The summed E-state index contributed by atoms with van der Waals surface area (Å²) in [5, 5.41) is 0. The van der Waals surface area contributed by atoms with E-state index in [1.54, 1.807) is 0 Å². The van der Waals surface area contributed by atoms with E-state index in [1.165, 1.54) is 12.8 Å². The number of hydrogen-bond acceptors (Lipinski definition) is 1. The van der Waals surface area contributed by atoms with Crippen LogP contribution in [0.1, 0.15) is 12.8 Å². The van der Waals surface area contributed by atoms with Crippen LogP contribution in [-0.2, 0) is 16.9 Å². The van der Waals surface area contributed by atoms with Crippen molar-refractivity contribution in [2.45, 2.75) is 69.4 Å². The molecule has 0 bridgehead atoms. The minimum absolute atomic E-state index is 0. The molecule has 2 rings (SSSR count). The van der Waals surface area contributed by atoms with Crippen molar-refractivity contribution in [1.82, 2.24) is 2.71 Å². The van der Waals surface area contributed by atoms with E-state index in [2.05, 4.69) is 79.4 Å². The molecule has 0 saturated heterocycles. The third-order valence-corrected chi connectivity index (χ3v) is 33.0. The van der Waals surface area contributed by atoms with Crippen molar-refractivity contribution in [2.24, 2.45) is 11.8 Å². The molecule has 1 fully saturated rings. The average Bonchev–Trinajstić information content (AvgIpc) is 2.76. The Morgan fingerprint density at radius 1 is 0.875 bits per heavy atom. The van der Waals surface area contributed by atoms with Crippen molar-refractivity contribution in [3.05, 3.63) is 24.3 Å². The molecule has 2 aliphatic carbocycles. The van der Waals surface area contributed by atoms with Gasteiger partial charge in [-0.05, 0) is 0 Å². The van der Waals surface area contributed by atoms with Gasteiger partial charge in [-0.2, -0.15) is 0 Å². The summed E-state index contributed by atoms with van der Waals surface area (Å²) in [5.74, 6) is 1.75. The first-order chi connectivity index (χ1) is 10.0. The van der Waals surface area contributed by atoms with Crippen molar-refractivity contribution < 1.29 is 16.9 Å². The molecular formula is C17H37Cl2NSi3Ti. The fourth-order valence-corrected chi connectivity index (χ4v) is 46.7. The molecule has 0 aliphatic heterocycles. The Kier molecular flexibility index (Phi) is 10.1. The van der Waals surface area contributed by atoms with Gasteiger partial charge in [0, 0.05) is 0 Å². The molecule has 140 valence electrons. The Labute approximate surface area is 171 Å². The van der Waals surface area contributed by atoms with Crippen LogP contribution >= 0.6 is 24.8 Å². The van der Waals surface area contributed by atoms with Gasteiger partial charge >= 0.3 is 148 Å². The molecule has 0 aromatic carbocycles. The first kappa shape index (κ1) is 25.4. The van der Waals surface area contributed by atoms with Gasteiger partial charge in [-0.1, -0.05) is 0 Å². The third kappa shape index (κ3) is 5.69. The van der Waals surface area contributed by atoms with Crippen molar-refractivity contribution in [3.8, 4) is 0 Å². The van der Waals surface area contributed by atoms with Crippen molar-refractivity contribution in [3.63, 3.8) is 0 Å². The first-order valence-electron chi connectivity index (χ1n) is 8.86. The predicted molar refractivity (Wildman–Crippen MR) is 119 cm³/mol. The van der Waals surface area contributed by atoms with Crippen LogP contribution in [0.3, 0.4) is 0 Å². The molecule has 24 heavy (non-hydrogen) atoms. The molecule has 0 aromatic rings. The minimum Gasteiger partial charge on any atom is -0.147 e. The van der Waals surface area contributed by atoms with Crippen molar-refractivity contribution >= 4 is 47.5 Å². The van der Waals surface area contributed by atoms with Crippen LogP contribution in [0.5, 0.6) is 0 Å². The molecule has 0 amide bonds. The Balaban J connectivity index is 0.00000264. The number of hydrogen-bond donors (Lipinski definition) is 0. The Bertz CT molecular complexity index is 503. The summed E-state index contributed by atoms with van der Waals surface area (Å²) >= 11 is -1.19. The molecular weight excluding hydrogens is 421 g/mol. The standard InChI is InChI=1S/C9H11.C6H18NSi2.C2H6Si.2ClH.Ti/c1-2-5-9-7-3-6-8(9)4-1;1-8(2,3)7-9(4,5)6;1-3-2;;;/h1-2,4-6,8-9H,3,7H2;1-6H3;1-2H3;2*1H;/q;-1;;;;+1. The van der Waals surface area contributed by atoms with Crippen LogP contribution in [0.4, 0.5) is 0 Å². The maximum atomic E-state index is 3.30. The molecule has 7 heteroatoms. The quantitative estimate of drug-likeness (QED) is 0.433. The van der Waals surface area contributed by atoms with Gasteiger partial charge in [-0.25, -0.2) is 0 Å². The van der Waals surface area contributed by atoms with Crippen molar-refractivity contribution in [1.29, 1.82) is 0 Å². The van der Waals surface area contributed by atoms with Gasteiger partial charge in [0.15, 0.2) is 0 Å². The Morgan fingerprint density at radius 3 is 1.83 bits per heavy atom. The molecule has 3 atom stereocenters. The smallest absolute Gasteiger partial charge is 0.147 e. The summed E-state index contributed by atoms with van der Waals surface area (Å²) < 4.78 is 4.36. The number of allylic oxidation sites excluding steroid dienone is 4. The Hall–Kier alpha value is 1.38. The number of fused-ring (bicyclic) bond motifs is 1. The van der Waals surface area contributed by atoms with Crippen molar-refractivity contribution in [2.75, 3.05) is 0 Å². The molecule has 0 aromatic heterocycles. The number of nitrogens with zero attached hydrogens (tertiary/aromatic N) is 1. The molecule has 0 spiro atoms. The average molecular weight is 459 g/mol. The SMILES string of the molecule is C[Si](C)=[Ti]([CH]1CCC2C=CC=CC21)[N]([Si](C)(C)C)[Si](C)(C)C.Cl.Cl.